The summed E-state index contributed by atoms with van der Waals surface area (Å²) in [6.07, 6.45) is 1.79. The summed E-state index contributed by atoms with van der Waals surface area (Å²) in [6.45, 7) is 0.622. The molecule has 19 heavy (non-hydrogen) atoms. The molecule has 96 valence electrons. The quantitative estimate of drug-likeness (QED) is 0.763. The number of benzene rings is 2. The zero-order valence-electron chi connectivity index (χ0n) is 9.95. The first-order valence-corrected chi connectivity index (χ1v) is 6.63. The Morgan fingerprint density at radius 1 is 1.26 bits per heavy atom. The highest BCUT2D eigenvalue weighted by Gasteiger charge is 2.03. The van der Waals surface area contributed by atoms with Gasteiger partial charge in [0.15, 0.2) is 0 Å². The smallest absolute Gasteiger partial charge is 0.137 e. The van der Waals surface area contributed by atoms with Gasteiger partial charge < -0.3 is 5.32 Å². The van der Waals surface area contributed by atoms with Gasteiger partial charge in [0.05, 0.1) is 21.9 Å². The lowest BCUT2D eigenvalue weighted by Crippen LogP contribution is -2.00. The molecule has 0 radical (unpaired) electrons. The number of hydrogen-bond donors (Lipinski definition) is 2. The summed E-state index contributed by atoms with van der Waals surface area (Å²) in [4.78, 5) is 0. The van der Waals surface area contributed by atoms with E-state index >= 15 is 0 Å². The van der Waals surface area contributed by atoms with Crippen molar-refractivity contribution in [1.29, 1.82) is 0 Å². The van der Waals surface area contributed by atoms with Crippen LogP contribution in [0.3, 0.4) is 0 Å². The normalized spacial score (nSPS) is 10.8. The molecule has 0 saturated heterocycles. The van der Waals surface area contributed by atoms with E-state index in [0.717, 1.165) is 22.2 Å². The molecule has 0 aliphatic carbocycles. The number of nitrogens with one attached hydrogen (secondary N) is 2. The maximum Gasteiger partial charge on any atom is 0.137 e. The molecule has 0 saturated carbocycles. The van der Waals surface area contributed by atoms with Gasteiger partial charge in [0.1, 0.15) is 5.82 Å². The number of para-hydroxylation sites is 1. The Labute approximate surface area is 118 Å². The molecular weight excluding hydrogens is 309 g/mol. The first kappa shape index (κ1) is 12.2. The third kappa shape index (κ3) is 2.46. The lowest BCUT2D eigenvalue weighted by molar-refractivity contribution is 0.620. The van der Waals surface area contributed by atoms with Gasteiger partial charge in [-0.15, -0.1) is 0 Å². The predicted octanol–water partition coefficient (Wildman–Crippen LogP) is 4.08. The van der Waals surface area contributed by atoms with Gasteiger partial charge in [0.25, 0.3) is 0 Å². The van der Waals surface area contributed by atoms with Gasteiger partial charge in [-0.3, -0.25) is 5.10 Å². The molecule has 1 heterocycles. The average molecular weight is 320 g/mol. The maximum absolute atomic E-state index is 13.1. The number of hydrogen-bond acceptors (Lipinski definition) is 2. The van der Waals surface area contributed by atoms with Gasteiger partial charge in [0, 0.05) is 11.9 Å². The van der Waals surface area contributed by atoms with Gasteiger partial charge in [-0.25, -0.2) is 4.39 Å². The third-order valence-corrected chi connectivity index (χ3v) is 3.55. The van der Waals surface area contributed by atoms with Gasteiger partial charge in [-0.1, -0.05) is 18.2 Å². The minimum absolute atomic E-state index is 0.251. The van der Waals surface area contributed by atoms with E-state index in [1.54, 1.807) is 18.3 Å². The molecule has 0 spiro atoms. The lowest BCUT2D eigenvalue weighted by Gasteiger charge is -2.08. The Bertz CT molecular complexity index is 724. The predicted molar refractivity (Wildman–Crippen MR) is 77.5 cm³/mol. The van der Waals surface area contributed by atoms with Crippen LogP contribution in [0, 0.1) is 5.82 Å². The number of H-pyrrole nitrogens is 1. The molecular formula is C14H11BrFN3. The van der Waals surface area contributed by atoms with Crippen molar-refractivity contribution in [1.82, 2.24) is 10.2 Å². The first-order valence-electron chi connectivity index (χ1n) is 5.84. The number of nitrogens with zero attached hydrogens (tertiary/aromatic N) is 1. The van der Waals surface area contributed by atoms with Crippen LogP contribution in [-0.2, 0) is 6.54 Å². The van der Waals surface area contributed by atoms with Crippen LogP contribution in [0.5, 0.6) is 0 Å². The van der Waals surface area contributed by atoms with E-state index in [9.17, 15) is 4.39 Å². The van der Waals surface area contributed by atoms with Crippen molar-refractivity contribution in [2.45, 2.75) is 6.54 Å². The molecule has 0 aliphatic rings. The summed E-state index contributed by atoms with van der Waals surface area (Å²) in [5.41, 5.74) is 2.96. The van der Waals surface area contributed by atoms with E-state index in [4.69, 9.17) is 0 Å². The molecule has 5 heteroatoms. The van der Waals surface area contributed by atoms with Gasteiger partial charge >= 0.3 is 0 Å². The molecule has 3 rings (SSSR count). The van der Waals surface area contributed by atoms with Crippen molar-refractivity contribution in [3.05, 3.63) is 58.4 Å². The third-order valence-electron chi connectivity index (χ3n) is 2.94. The highest BCUT2D eigenvalue weighted by Crippen LogP contribution is 2.22. The number of rotatable bonds is 3. The molecule has 3 nitrogen and oxygen atoms in total. The summed E-state index contributed by atoms with van der Waals surface area (Å²) < 4.78 is 13.6. The van der Waals surface area contributed by atoms with E-state index in [1.807, 2.05) is 18.2 Å². The number of fused-ring (bicyclic) bond motifs is 1. The molecule has 0 atom stereocenters. The molecule has 3 aromatic rings. The van der Waals surface area contributed by atoms with Crippen molar-refractivity contribution in [3.8, 4) is 0 Å². The Morgan fingerprint density at radius 2 is 2.16 bits per heavy atom. The zero-order chi connectivity index (χ0) is 13.2. The van der Waals surface area contributed by atoms with Crippen LogP contribution < -0.4 is 5.32 Å². The molecule has 1 aromatic heterocycles. The van der Waals surface area contributed by atoms with Crippen molar-refractivity contribution >= 4 is 32.5 Å². The fraction of sp³-hybridized carbons (Fsp3) is 0.0714. The van der Waals surface area contributed by atoms with E-state index in [2.05, 4.69) is 31.4 Å². The minimum Gasteiger partial charge on any atom is -0.379 e. The Balaban J connectivity index is 1.82. The lowest BCUT2D eigenvalue weighted by atomic mass is 10.2. The topological polar surface area (TPSA) is 40.7 Å². The van der Waals surface area contributed by atoms with Crippen LogP contribution >= 0.6 is 15.9 Å². The summed E-state index contributed by atoms with van der Waals surface area (Å²) in [7, 11) is 0. The molecule has 2 aromatic carbocycles. The van der Waals surface area contributed by atoms with E-state index in [0.29, 0.717) is 11.0 Å². The summed E-state index contributed by atoms with van der Waals surface area (Å²) in [6, 6.07) is 11.0. The molecule has 0 aliphatic heterocycles. The van der Waals surface area contributed by atoms with Crippen molar-refractivity contribution in [3.63, 3.8) is 0 Å². The van der Waals surface area contributed by atoms with E-state index < -0.39 is 0 Å². The second kappa shape index (κ2) is 5.01. The second-order valence-corrected chi connectivity index (χ2v) is 5.10. The standard InChI is InChI=1S/C14H11BrFN3/c15-11-6-9(4-5-12(11)16)7-17-13-3-1-2-10-8-18-19-14(10)13/h1-6,8,17H,7H2,(H,18,19). The van der Waals surface area contributed by atoms with Gasteiger partial charge in [-0.2, -0.15) is 5.10 Å². The minimum atomic E-state index is -0.251. The van der Waals surface area contributed by atoms with Crippen molar-refractivity contribution in [2.75, 3.05) is 5.32 Å². The fourth-order valence-corrected chi connectivity index (χ4v) is 2.39. The van der Waals surface area contributed by atoms with Gasteiger partial charge in [0.2, 0.25) is 0 Å². The Hall–Kier alpha value is -1.88. The second-order valence-electron chi connectivity index (χ2n) is 4.24. The largest absolute Gasteiger partial charge is 0.379 e. The van der Waals surface area contributed by atoms with E-state index in [1.165, 1.54) is 6.07 Å². The van der Waals surface area contributed by atoms with Crippen molar-refractivity contribution in [2.24, 2.45) is 0 Å². The summed E-state index contributed by atoms with van der Waals surface area (Å²) in [5, 5.41) is 11.4. The zero-order valence-corrected chi connectivity index (χ0v) is 11.5. The number of aromatic nitrogens is 2. The van der Waals surface area contributed by atoms with Crippen LogP contribution in [0.4, 0.5) is 10.1 Å². The van der Waals surface area contributed by atoms with Crippen LogP contribution in [0.1, 0.15) is 5.56 Å². The van der Waals surface area contributed by atoms with Crippen LogP contribution in [-0.4, -0.2) is 10.2 Å². The molecule has 2 N–H and O–H groups in total. The summed E-state index contributed by atoms with van der Waals surface area (Å²) in [5.74, 6) is -0.251. The fourth-order valence-electron chi connectivity index (χ4n) is 1.96. The average Bonchev–Trinajstić information content (AvgIpc) is 2.89. The Morgan fingerprint density at radius 3 is 3.00 bits per heavy atom. The summed E-state index contributed by atoms with van der Waals surface area (Å²) >= 11 is 3.19. The number of halogens is 2. The highest BCUT2D eigenvalue weighted by molar-refractivity contribution is 9.10. The van der Waals surface area contributed by atoms with Crippen LogP contribution in [0.2, 0.25) is 0 Å². The van der Waals surface area contributed by atoms with Crippen LogP contribution in [0.15, 0.2) is 47.1 Å². The number of aromatic amines is 1. The van der Waals surface area contributed by atoms with Crippen molar-refractivity contribution < 1.29 is 4.39 Å². The Kier molecular flexibility index (Phi) is 3.21. The number of anilines is 1. The highest BCUT2D eigenvalue weighted by atomic mass is 79.9. The SMILES string of the molecule is Fc1ccc(CNc2cccc3cn[nH]c23)cc1Br. The molecule has 0 fully saturated rings. The molecule has 0 amide bonds. The van der Waals surface area contributed by atoms with Gasteiger partial charge in [-0.05, 0) is 39.7 Å². The monoisotopic (exact) mass is 319 g/mol. The van der Waals surface area contributed by atoms with Crippen LogP contribution in [0.25, 0.3) is 10.9 Å². The van der Waals surface area contributed by atoms with E-state index in [-0.39, 0.29) is 5.82 Å². The molecule has 0 unspecified atom stereocenters. The first-order chi connectivity index (χ1) is 9.24. The maximum atomic E-state index is 13.1. The molecule has 0 bridgehead atoms.